The summed E-state index contributed by atoms with van der Waals surface area (Å²) in [4.78, 5) is 14.7. The second-order valence-electron chi connectivity index (χ2n) is 7.01. The lowest BCUT2D eigenvalue weighted by molar-refractivity contribution is -0.131. The van der Waals surface area contributed by atoms with Gasteiger partial charge in [-0.05, 0) is 42.7 Å². The van der Waals surface area contributed by atoms with E-state index in [1.165, 1.54) is 28.6 Å². The van der Waals surface area contributed by atoms with E-state index in [1.54, 1.807) is 35.2 Å². The molecule has 1 amide bonds. The molecule has 0 bridgehead atoms. The maximum atomic E-state index is 13.2. The number of carbonyl (C=O) groups excluding carboxylic acids is 1. The molecule has 0 saturated carbocycles. The Hall–Kier alpha value is -2.25. The lowest BCUT2D eigenvalue weighted by atomic mass is 10.2. The summed E-state index contributed by atoms with van der Waals surface area (Å²) in [5.41, 5.74) is 0.629. The fraction of sp³-hybridized carbons (Fsp3) is 0.381. The molecular formula is C21H25FN2O3S. The first-order valence-corrected chi connectivity index (χ1v) is 11.0. The molecule has 0 spiro atoms. The highest BCUT2D eigenvalue weighted by atomic mass is 32.2. The molecule has 0 radical (unpaired) electrons. The Morgan fingerprint density at radius 2 is 1.54 bits per heavy atom. The molecule has 5 nitrogen and oxygen atoms in total. The Labute approximate surface area is 165 Å². The van der Waals surface area contributed by atoms with Gasteiger partial charge >= 0.3 is 0 Å². The van der Waals surface area contributed by atoms with E-state index >= 15 is 0 Å². The van der Waals surface area contributed by atoms with Gasteiger partial charge in [-0.25, -0.2) is 12.8 Å². The van der Waals surface area contributed by atoms with Crippen LogP contribution in [0.1, 0.15) is 31.2 Å². The van der Waals surface area contributed by atoms with Gasteiger partial charge in [-0.1, -0.05) is 43.2 Å². The van der Waals surface area contributed by atoms with Gasteiger partial charge in [0.1, 0.15) is 5.82 Å². The zero-order valence-corrected chi connectivity index (χ0v) is 16.6. The van der Waals surface area contributed by atoms with Crippen molar-refractivity contribution in [2.75, 3.05) is 19.6 Å². The topological polar surface area (TPSA) is 57.7 Å². The van der Waals surface area contributed by atoms with Crippen LogP contribution >= 0.6 is 0 Å². The van der Waals surface area contributed by atoms with Crippen molar-refractivity contribution in [2.45, 2.75) is 37.1 Å². The summed E-state index contributed by atoms with van der Waals surface area (Å²) in [7, 11) is -3.86. The molecule has 150 valence electrons. The van der Waals surface area contributed by atoms with Crippen LogP contribution in [0.2, 0.25) is 0 Å². The predicted octanol–water partition coefficient (Wildman–Crippen LogP) is 3.42. The number of benzene rings is 2. The zero-order valence-electron chi connectivity index (χ0n) is 15.8. The highest BCUT2D eigenvalue weighted by Gasteiger charge is 2.28. The molecule has 1 heterocycles. The summed E-state index contributed by atoms with van der Waals surface area (Å²) < 4.78 is 40.7. The van der Waals surface area contributed by atoms with Crippen molar-refractivity contribution in [3.8, 4) is 0 Å². The molecule has 28 heavy (non-hydrogen) atoms. The minimum Gasteiger partial charge on any atom is -0.342 e. The van der Waals surface area contributed by atoms with Gasteiger partial charge in [0, 0.05) is 19.6 Å². The second-order valence-corrected chi connectivity index (χ2v) is 8.95. The van der Waals surface area contributed by atoms with Crippen LogP contribution in [0, 0.1) is 5.82 Å². The first kappa shape index (κ1) is 20.5. The number of amides is 1. The molecule has 3 rings (SSSR count). The van der Waals surface area contributed by atoms with Crippen LogP contribution in [0.3, 0.4) is 0 Å². The van der Waals surface area contributed by atoms with E-state index in [9.17, 15) is 17.6 Å². The summed E-state index contributed by atoms with van der Waals surface area (Å²) in [6, 6.07) is 13.7. The smallest absolute Gasteiger partial charge is 0.243 e. The largest absolute Gasteiger partial charge is 0.342 e. The van der Waals surface area contributed by atoms with Crippen molar-refractivity contribution in [3.05, 3.63) is 66.0 Å². The van der Waals surface area contributed by atoms with Crippen molar-refractivity contribution in [1.82, 2.24) is 9.21 Å². The molecule has 1 aliphatic heterocycles. The quantitative estimate of drug-likeness (QED) is 0.741. The number of nitrogens with zero attached hydrogens (tertiary/aromatic N) is 2. The van der Waals surface area contributed by atoms with Gasteiger partial charge in [0.15, 0.2) is 0 Å². The van der Waals surface area contributed by atoms with E-state index < -0.39 is 10.0 Å². The highest BCUT2D eigenvalue weighted by molar-refractivity contribution is 7.89. The van der Waals surface area contributed by atoms with Crippen molar-refractivity contribution in [3.63, 3.8) is 0 Å². The van der Waals surface area contributed by atoms with Gasteiger partial charge in [0.25, 0.3) is 0 Å². The molecule has 0 aromatic heterocycles. The maximum absolute atomic E-state index is 13.2. The highest BCUT2D eigenvalue weighted by Crippen LogP contribution is 2.19. The van der Waals surface area contributed by atoms with E-state index in [0.29, 0.717) is 18.7 Å². The summed E-state index contributed by atoms with van der Waals surface area (Å²) in [6.45, 7) is 1.11. The van der Waals surface area contributed by atoms with Gasteiger partial charge in [-0.3, -0.25) is 4.79 Å². The number of halogens is 1. The fourth-order valence-corrected chi connectivity index (χ4v) is 4.73. The third kappa shape index (κ3) is 5.17. The predicted molar refractivity (Wildman–Crippen MR) is 105 cm³/mol. The first-order valence-electron chi connectivity index (χ1n) is 9.54. The minimum atomic E-state index is -3.86. The molecule has 0 aliphatic carbocycles. The number of rotatable bonds is 6. The molecule has 2 aromatic carbocycles. The minimum absolute atomic E-state index is 0.0110. The monoisotopic (exact) mass is 404 g/mol. The van der Waals surface area contributed by atoms with Gasteiger partial charge in [-0.15, -0.1) is 0 Å². The summed E-state index contributed by atoms with van der Waals surface area (Å²) in [5.74, 6) is -0.578. The van der Waals surface area contributed by atoms with Crippen LogP contribution in [0.5, 0.6) is 0 Å². The number of hydrogen-bond acceptors (Lipinski definition) is 3. The van der Waals surface area contributed by atoms with Gasteiger partial charge in [0.05, 0.1) is 11.4 Å². The van der Waals surface area contributed by atoms with E-state index in [0.717, 1.165) is 25.7 Å². The Kier molecular flexibility index (Phi) is 6.80. The fourth-order valence-electron chi connectivity index (χ4n) is 3.33. The molecule has 1 saturated heterocycles. The molecule has 0 unspecified atom stereocenters. The van der Waals surface area contributed by atoms with Crippen LogP contribution in [-0.2, 0) is 21.4 Å². The SMILES string of the molecule is O=C(CN(Cc1ccc(F)cc1)S(=O)(=O)c1ccccc1)N1CCCCCC1. The van der Waals surface area contributed by atoms with E-state index in [-0.39, 0.29) is 29.7 Å². The van der Waals surface area contributed by atoms with Crippen LogP contribution in [0.4, 0.5) is 4.39 Å². The molecule has 0 atom stereocenters. The normalized spacial score (nSPS) is 15.4. The summed E-state index contributed by atoms with van der Waals surface area (Å²) >= 11 is 0. The van der Waals surface area contributed by atoms with Gasteiger partial charge in [-0.2, -0.15) is 4.31 Å². The first-order chi connectivity index (χ1) is 13.5. The van der Waals surface area contributed by atoms with Crippen LogP contribution in [-0.4, -0.2) is 43.2 Å². The average Bonchev–Trinajstić information content (AvgIpc) is 2.99. The van der Waals surface area contributed by atoms with E-state index in [2.05, 4.69) is 0 Å². The number of likely N-dealkylation sites (tertiary alicyclic amines) is 1. The van der Waals surface area contributed by atoms with E-state index in [4.69, 9.17) is 0 Å². The van der Waals surface area contributed by atoms with E-state index in [1.807, 2.05) is 0 Å². The Morgan fingerprint density at radius 1 is 0.929 bits per heavy atom. The average molecular weight is 405 g/mol. The molecule has 1 aliphatic rings. The molecule has 1 fully saturated rings. The Bertz CT molecular complexity index is 878. The zero-order chi connectivity index (χ0) is 20.0. The summed E-state index contributed by atoms with van der Waals surface area (Å²) in [6.07, 6.45) is 4.06. The third-order valence-electron chi connectivity index (χ3n) is 4.92. The maximum Gasteiger partial charge on any atom is 0.243 e. The van der Waals surface area contributed by atoms with Crippen molar-refractivity contribution in [2.24, 2.45) is 0 Å². The molecule has 7 heteroatoms. The summed E-state index contributed by atoms with van der Waals surface area (Å²) in [5, 5.41) is 0. The second kappa shape index (κ2) is 9.30. The molecule has 0 N–H and O–H groups in total. The van der Waals surface area contributed by atoms with Gasteiger partial charge in [0.2, 0.25) is 15.9 Å². The Balaban J connectivity index is 1.85. The van der Waals surface area contributed by atoms with Crippen molar-refractivity contribution < 1.29 is 17.6 Å². The van der Waals surface area contributed by atoms with Gasteiger partial charge < -0.3 is 4.90 Å². The van der Waals surface area contributed by atoms with Crippen LogP contribution in [0.25, 0.3) is 0 Å². The standard InChI is InChI=1S/C21H25FN2O3S/c22-19-12-10-18(11-13-19)16-24(28(26,27)20-8-4-3-5-9-20)17-21(25)23-14-6-1-2-7-15-23/h3-5,8-13H,1-2,6-7,14-17H2. The number of sulfonamides is 1. The number of carbonyl (C=O) groups is 1. The van der Waals surface area contributed by atoms with Crippen molar-refractivity contribution >= 4 is 15.9 Å². The van der Waals surface area contributed by atoms with Crippen molar-refractivity contribution in [1.29, 1.82) is 0 Å². The Morgan fingerprint density at radius 3 is 2.14 bits per heavy atom. The molecular weight excluding hydrogens is 379 g/mol. The lowest BCUT2D eigenvalue weighted by Crippen LogP contribution is -2.43. The molecule has 2 aromatic rings. The van der Waals surface area contributed by atoms with Crippen LogP contribution < -0.4 is 0 Å². The van der Waals surface area contributed by atoms with Crippen LogP contribution in [0.15, 0.2) is 59.5 Å². The third-order valence-corrected chi connectivity index (χ3v) is 6.73. The lowest BCUT2D eigenvalue weighted by Gasteiger charge is -2.26. The number of hydrogen-bond donors (Lipinski definition) is 0.